The van der Waals surface area contributed by atoms with Crippen LogP contribution in [0, 0.1) is 0 Å². The maximum atomic E-state index is 12.3. The van der Waals surface area contributed by atoms with Crippen LogP contribution >= 0.6 is 11.8 Å². The van der Waals surface area contributed by atoms with Crippen molar-refractivity contribution in [3.8, 4) is 0 Å². The van der Waals surface area contributed by atoms with Crippen LogP contribution in [0.2, 0.25) is 0 Å². The molecule has 0 atom stereocenters. The Bertz CT molecular complexity index is 653. The first-order chi connectivity index (χ1) is 11.7. The van der Waals surface area contributed by atoms with E-state index in [2.05, 4.69) is 4.98 Å². The van der Waals surface area contributed by atoms with Crippen LogP contribution in [0.4, 0.5) is 0 Å². The number of hydrogen-bond acceptors (Lipinski definition) is 5. The van der Waals surface area contributed by atoms with Gasteiger partial charge in [0.15, 0.2) is 0 Å². The van der Waals surface area contributed by atoms with Gasteiger partial charge in [-0.05, 0) is 44.9 Å². The second kappa shape index (κ2) is 8.16. The number of nitrogens with zero attached hydrogens (tertiary/aromatic N) is 3. The van der Waals surface area contributed by atoms with Crippen molar-refractivity contribution in [3.63, 3.8) is 0 Å². The van der Waals surface area contributed by atoms with Crippen molar-refractivity contribution in [2.24, 2.45) is 0 Å². The topological polar surface area (TPSA) is 75.4 Å². The van der Waals surface area contributed by atoms with Crippen molar-refractivity contribution in [2.75, 3.05) is 25.4 Å². The predicted octanol–water partition coefficient (Wildman–Crippen LogP) is 1.22. The molecule has 7 heteroatoms. The van der Waals surface area contributed by atoms with E-state index in [1.165, 1.54) is 18.2 Å². The second-order valence-electron chi connectivity index (χ2n) is 6.44. The molecule has 1 aromatic rings. The van der Waals surface area contributed by atoms with E-state index in [1.807, 2.05) is 4.90 Å². The summed E-state index contributed by atoms with van der Waals surface area (Å²) in [6.45, 7) is 2.30. The SMILES string of the molecule is O=C(CSc1nc(=O)n(CCCO)c2c1CCC2)N1CCCCC1. The zero-order valence-electron chi connectivity index (χ0n) is 14.0. The lowest BCUT2D eigenvalue weighted by molar-refractivity contribution is -0.129. The third kappa shape index (κ3) is 3.83. The summed E-state index contributed by atoms with van der Waals surface area (Å²) in [6.07, 6.45) is 6.77. The maximum absolute atomic E-state index is 12.3. The summed E-state index contributed by atoms with van der Waals surface area (Å²) in [4.78, 5) is 30.8. The van der Waals surface area contributed by atoms with Gasteiger partial charge < -0.3 is 10.0 Å². The highest BCUT2D eigenvalue weighted by molar-refractivity contribution is 7.99. The summed E-state index contributed by atoms with van der Waals surface area (Å²) in [6, 6.07) is 0. The summed E-state index contributed by atoms with van der Waals surface area (Å²) >= 11 is 1.41. The van der Waals surface area contributed by atoms with Crippen molar-refractivity contribution in [3.05, 3.63) is 21.7 Å². The molecule has 1 aliphatic heterocycles. The molecule has 1 amide bonds. The minimum absolute atomic E-state index is 0.0715. The number of thioether (sulfide) groups is 1. The molecule has 2 aliphatic rings. The monoisotopic (exact) mass is 351 g/mol. The van der Waals surface area contributed by atoms with Gasteiger partial charge in [-0.1, -0.05) is 11.8 Å². The number of piperidine rings is 1. The molecule has 1 N–H and O–H groups in total. The molecule has 0 saturated carbocycles. The Morgan fingerprint density at radius 3 is 2.71 bits per heavy atom. The third-order valence-electron chi connectivity index (χ3n) is 4.78. The van der Waals surface area contributed by atoms with Gasteiger partial charge in [-0.3, -0.25) is 9.36 Å². The van der Waals surface area contributed by atoms with Crippen LogP contribution in [0.3, 0.4) is 0 Å². The van der Waals surface area contributed by atoms with E-state index in [-0.39, 0.29) is 18.2 Å². The molecule has 132 valence electrons. The highest BCUT2D eigenvalue weighted by Crippen LogP contribution is 2.29. The van der Waals surface area contributed by atoms with Crippen LogP contribution in [0.15, 0.2) is 9.82 Å². The molecule has 1 aliphatic carbocycles. The smallest absolute Gasteiger partial charge is 0.348 e. The number of rotatable bonds is 6. The standard InChI is InChI=1S/C17H25N3O3S/c21-11-5-10-20-14-7-4-6-13(14)16(18-17(20)23)24-12-15(22)19-8-2-1-3-9-19/h21H,1-12H2. The van der Waals surface area contributed by atoms with Crippen molar-refractivity contribution in [2.45, 2.75) is 56.5 Å². The second-order valence-corrected chi connectivity index (χ2v) is 7.40. The lowest BCUT2D eigenvalue weighted by atomic mass is 10.1. The molecule has 0 bridgehead atoms. The van der Waals surface area contributed by atoms with E-state index in [1.54, 1.807) is 4.57 Å². The van der Waals surface area contributed by atoms with Gasteiger partial charge in [-0.15, -0.1) is 0 Å². The van der Waals surface area contributed by atoms with Gasteiger partial charge in [0.1, 0.15) is 5.03 Å². The Labute approximate surface area is 146 Å². The average Bonchev–Trinajstić information content (AvgIpc) is 3.09. The molecule has 0 unspecified atom stereocenters. The largest absolute Gasteiger partial charge is 0.396 e. The van der Waals surface area contributed by atoms with Gasteiger partial charge in [0, 0.05) is 37.5 Å². The van der Waals surface area contributed by atoms with Crippen LogP contribution in [-0.4, -0.2) is 50.9 Å². The highest BCUT2D eigenvalue weighted by atomic mass is 32.2. The van der Waals surface area contributed by atoms with Gasteiger partial charge in [0.2, 0.25) is 5.91 Å². The van der Waals surface area contributed by atoms with Gasteiger partial charge >= 0.3 is 5.69 Å². The van der Waals surface area contributed by atoms with Gasteiger partial charge in [0.25, 0.3) is 0 Å². The summed E-state index contributed by atoms with van der Waals surface area (Å²) in [7, 11) is 0. The summed E-state index contributed by atoms with van der Waals surface area (Å²) in [5, 5.41) is 9.74. The van der Waals surface area contributed by atoms with E-state index in [0.29, 0.717) is 18.7 Å². The molecule has 3 rings (SSSR count). The van der Waals surface area contributed by atoms with Crippen LogP contribution < -0.4 is 5.69 Å². The van der Waals surface area contributed by atoms with Crippen molar-refractivity contribution in [1.29, 1.82) is 0 Å². The molecule has 0 spiro atoms. The van der Waals surface area contributed by atoms with Crippen molar-refractivity contribution < 1.29 is 9.90 Å². The zero-order chi connectivity index (χ0) is 16.9. The first-order valence-corrected chi connectivity index (χ1v) is 9.83. The van der Waals surface area contributed by atoms with Gasteiger partial charge in [-0.25, -0.2) is 4.79 Å². The molecule has 0 radical (unpaired) electrons. The average molecular weight is 351 g/mol. The predicted molar refractivity (Wildman–Crippen MR) is 93.4 cm³/mol. The van der Waals surface area contributed by atoms with E-state index >= 15 is 0 Å². The Kier molecular flexibility index (Phi) is 5.94. The number of carbonyl (C=O) groups is 1. The fourth-order valence-corrected chi connectivity index (χ4v) is 4.51. The van der Waals surface area contributed by atoms with Crippen LogP contribution in [0.1, 0.15) is 43.4 Å². The number of carbonyl (C=O) groups excluding carboxylic acids is 1. The van der Waals surface area contributed by atoms with Crippen molar-refractivity contribution in [1.82, 2.24) is 14.5 Å². The lowest BCUT2D eigenvalue weighted by Gasteiger charge is -2.26. The Hall–Kier alpha value is -1.34. The Morgan fingerprint density at radius 2 is 1.96 bits per heavy atom. The number of aromatic nitrogens is 2. The van der Waals surface area contributed by atoms with Crippen LogP contribution in [0.5, 0.6) is 0 Å². The number of aliphatic hydroxyl groups excluding tert-OH is 1. The molecule has 1 aromatic heterocycles. The lowest BCUT2D eigenvalue weighted by Crippen LogP contribution is -2.36. The van der Waals surface area contributed by atoms with Gasteiger partial charge in [-0.2, -0.15) is 4.98 Å². The fourth-order valence-electron chi connectivity index (χ4n) is 3.53. The molecule has 0 aromatic carbocycles. The number of likely N-dealkylation sites (tertiary alicyclic amines) is 1. The number of hydrogen-bond donors (Lipinski definition) is 1. The van der Waals surface area contributed by atoms with Crippen LogP contribution in [0.25, 0.3) is 0 Å². The molecule has 2 heterocycles. The molecule has 24 heavy (non-hydrogen) atoms. The highest BCUT2D eigenvalue weighted by Gasteiger charge is 2.23. The molecular weight excluding hydrogens is 326 g/mol. The Morgan fingerprint density at radius 1 is 1.17 bits per heavy atom. The number of aliphatic hydroxyl groups is 1. The molecule has 1 saturated heterocycles. The van der Waals surface area contributed by atoms with E-state index < -0.39 is 0 Å². The summed E-state index contributed by atoms with van der Waals surface area (Å²) in [5.41, 5.74) is 1.93. The maximum Gasteiger partial charge on any atom is 0.348 e. The first kappa shape index (κ1) is 17.5. The first-order valence-electron chi connectivity index (χ1n) is 8.84. The number of fused-ring (bicyclic) bond motifs is 1. The normalized spacial score (nSPS) is 17.1. The minimum Gasteiger partial charge on any atom is -0.396 e. The van der Waals surface area contributed by atoms with Gasteiger partial charge in [0.05, 0.1) is 5.75 Å². The summed E-state index contributed by atoms with van der Waals surface area (Å²) in [5.74, 6) is 0.511. The zero-order valence-corrected chi connectivity index (χ0v) is 14.8. The summed E-state index contributed by atoms with van der Waals surface area (Å²) < 4.78 is 1.70. The molecular formula is C17H25N3O3S. The number of amides is 1. The van der Waals surface area contributed by atoms with Crippen LogP contribution in [-0.2, 0) is 24.2 Å². The Balaban J connectivity index is 1.72. The minimum atomic E-state index is -0.253. The van der Waals surface area contributed by atoms with E-state index in [9.17, 15) is 9.59 Å². The fraction of sp³-hybridized carbons (Fsp3) is 0.706. The van der Waals surface area contributed by atoms with Crippen molar-refractivity contribution >= 4 is 17.7 Å². The quantitative estimate of drug-likeness (QED) is 0.616. The van der Waals surface area contributed by atoms with E-state index in [4.69, 9.17) is 5.11 Å². The molecule has 1 fully saturated rings. The molecule has 6 nitrogen and oxygen atoms in total. The van der Waals surface area contributed by atoms with E-state index in [0.717, 1.165) is 61.5 Å². The third-order valence-corrected chi connectivity index (χ3v) is 5.78.